The molecule has 0 amide bonds. The van der Waals surface area contributed by atoms with Crippen LogP contribution in [-0.4, -0.2) is 19.1 Å². The number of carbonyl (C=O) groups excluding carboxylic acids is 1. The number of rotatable bonds is 6. The van der Waals surface area contributed by atoms with Crippen LogP contribution in [0.1, 0.15) is 44.7 Å². The van der Waals surface area contributed by atoms with E-state index in [9.17, 15) is 18.0 Å². The molecule has 0 saturated heterocycles. The lowest BCUT2D eigenvalue weighted by molar-refractivity contribution is -0.299. The van der Waals surface area contributed by atoms with Crippen molar-refractivity contribution in [1.82, 2.24) is 0 Å². The van der Waals surface area contributed by atoms with E-state index in [4.69, 9.17) is 0 Å². The van der Waals surface area contributed by atoms with Crippen molar-refractivity contribution in [2.75, 3.05) is 6.61 Å². The third-order valence-electron chi connectivity index (χ3n) is 3.65. The van der Waals surface area contributed by atoms with Gasteiger partial charge in [0, 0.05) is 0 Å². The molecule has 0 bridgehead atoms. The van der Waals surface area contributed by atoms with Crippen molar-refractivity contribution in [2.24, 2.45) is 0 Å². The van der Waals surface area contributed by atoms with Gasteiger partial charge in [0.25, 0.3) is 0 Å². The van der Waals surface area contributed by atoms with Crippen molar-refractivity contribution in [2.45, 2.75) is 51.8 Å². The second-order valence-corrected chi connectivity index (χ2v) is 5.68. The van der Waals surface area contributed by atoms with E-state index in [1.54, 1.807) is 0 Å². The zero-order chi connectivity index (χ0) is 16.8. The summed E-state index contributed by atoms with van der Waals surface area (Å²) in [5.74, 6) is 0. The van der Waals surface area contributed by atoms with Crippen molar-refractivity contribution in [3.05, 3.63) is 35.4 Å². The predicted octanol–water partition coefficient (Wildman–Crippen LogP) is 4.98. The van der Waals surface area contributed by atoms with Gasteiger partial charge in [0.1, 0.15) is 0 Å². The summed E-state index contributed by atoms with van der Waals surface area (Å²) < 4.78 is 42.6. The minimum atomic E-state index is -5.00. The fourth-order valence-corrected chi connectivity index (χ4v) is 1.88. The van der Waals surface area contributed by atoms with Crippen LogP contribution in [0.3, 0.4) is 0 Å². The SMILES string of the molecule is CCC(C)(C)c1ccc(CCCOC(=O)OC(F)(F)F)cc1. The Morgan fingerprint density at radius 3 is 2.23 bits per heavy atom. The van der Waals surface area contributed by atoms with Crippen molar-refractivity contribution in [1.29, 1.82) is 0 Å². The van der Waals surface area contributed by atoms with E-state index in [1.165, 1.54) is 5.56 Å². The summed E-state index contributed by atoms with van der Waals surface area (Å²) in [7, 11) is 0. The van der Waals surface area contributed by atoms with E-state index in [-0.39, 0.29) is 12.0 Å². The highest BCUT2D eigenvalue weighted by Crippen LogP contribution is 2.26. The summed E-state index contributed by atoms with van der Waals surface area (Å²) in [4.78, 5) is 10.7. The van der Waals surface area contributed by atoms with Gasteiger partial charge in [-0.3, -0.25) is 0 Å². The molecule has 0 atom stereocenters. The first-order chi connectivity index (χ1) is 10.1. The lowest BCUT2D eigenvalue weighted by atomic mass is 9.82. The van der Waals surface area contributed by atoms with E-state index < -0.39 is 12.5 Å². The minimum absolute atomic E-state index is 0.114. The summed E-state index contributed by atoms with van der Waals surface area (Å²) in [6.45, 7) is 6.35. The highest BCUT2D eigenvalue weighted by molar-refractivity contribution is 5.59. The zero-order valence-corrected chi connectivity index (χ0v) is 13.0. The maximum atomic E-state index is 11.7. The highest BCUT2D eigenvalue weighted by atomic mass is 19.4. The van der Waals surface area contributed by atoms with Gasteiger partial charge in [0.2, 0.25) is 0 Å². The zero-order valence-electron chi connectivity index (χ0n) is 13.0. The van der Waals surface area contributed by atoms with Gasteiger partial charge in [0.05, 0.1) is 6.61 Å². The lowest BCUT2D eigenvalue weighted by Gasteiger charge is -2.23. The molecule has 0 aliphatic heterocycles. The number of benzene rings is 1. The van der Waals surface area contributed by atoms with Crippen LogP contribution in [0.15, 0.2) is 24.3 Å². The monoisotopic (exact) mass is 318 g/mol. The Morgan fingerprint density at radius 2 is 1.73 bits per heavy atom. The van der Waals surface area contributed by atoms with E-state index in [0.717, 1.165) is 12.0 Å². The number of ether oxygens (including phenoxy) is 2. The van der Waals surface area contributed by atoms with E-state index in [2.05, 4.69) is 42.4 Å². The molecule has 6 heteroatoms. The first kappa shape index (κ1) is 18.3. The van der Waals surface area contributed by atoms with E-state index >= 15 is 0 Å². The van der Waals surface area contributed by atoms with Gasteiger partial charge < -0.3 is 9.47 Å². The molecule has 0 unspecified atom stereocenters. The van der Waals surface area contributed by atoms with E-state index in [0.29, 0.717) is 12.8 Å². The van der Waals surface area contributed by atoms with Gasteiger partial charge in [-0.2, -0.15) is 0 Å². The molecule has 0 aliphatic carbocycles. The van der Waals surface area contributed by atoms with E-state index in [1.807, 2.05) is 12.1 Å². The van der Waals surface area contributed by atoms with Crippen molar-refractivity contribution in [3.63, 3.8) is 0 Å². The van der Waals surface area contributed by atoms with Crippen LogP contribution in [0.4, 0.5) is 18.0 Å². The third kappa shape index (κ3) is 6.37. The van der Waals surface area contributed by atoms with Crippen LogP contribution in [0.5, 0.6) is 0 Å². The molecular formula is C16H21F3O3. The van der Waals surface area contributed by atoms with Gasteiger partial charge in [-0.15, -0.1) is 13.2 Å². The van der Waals surface area contributed by atoms with Crippen molar-refractivity contribution in [3.8, 4) is 0 Å². The Labute approximate surface area is 128 Å². The molecule has 124 valence electrons. The maximum absolute atomic E-state index is 11.7. The lowest BCUT2D eigenvalue weighted by Crippen LogP contribution is -2.20. The van der Waals surface area contributed by atoms with Crippen LogP contribution in [0, 0.1) is 0 Å². The van der Waals surface area contributed by atoms with Gasteiger partial charge in [-0.25, -0.2) is 4.79 Å². The number of carbonyl (C=O) groups is 1. The fraction of sp³-hybridized carbons (Fsp3) is 0.562. The maximum Gasteiger partial charge on any atom is 0.577 e. The topological polar surface area (TPSA) is 35.5 Å². The predicted molar refractivity (Wildman–Crippen MR) is 76.6 cm³/mol. The molecule has 0 aliphatic rings. The summed E-state index contributed by atoms with van der Waals surface area (Å²) >= 11 is 0. The Morgan fingerprint density at radius 1 is 1.14 bits per heavy atom. The molecule has 0 saturated carbocycles. The van der Waals surface area contributed by atoms with Crippen LogP contribution in [0.2, 0.25) is 0 Å². The molecule has 22 heavy (non-hydrogen) atoms. The Bertz CT molecular complexity index is 478. The van der Waals surface area contributed by atoms with Crippen LogP contribution in [0.25, 0.3) is 0 Å². The van der Waals surface area contributed by atoms with Crippen LogP contribution < -0.4 is 0 Å². The number of hydrogen-bond acceptors (Lipinski definition) is 3. The second-order valence-electron chi connectivity index (χ2n) is 5.68. The summed E-state index contributed by atoms with van der Waals surface area (Å²) in [5.41, 5.74) is 2.40. The average molecular weight is 318 g/mol. The van der Waals surface area contributed by atoms with Crippen LogP contribution >= 0.6 is 0 Å². The smallest absolute Gasteiger partial charge is 0.434 e. The quantitative estimate of drug-likeness (QED) is 0.548. The van der Waals surface area contributed by atoms with Crippen molar-refractivity contribution < 1.29 is 27.4 Å². The van der Waals surface area contributed by atoms with Gasteiger partial charge in [0.15, 0.2) is 0 Å². The van der Waals surface area contributed by atoms with Gasteiger partial charge in [-0.05, 0) is 35.8 Å². The fourth-order valence-electron chi connectivity index (χ4n) is 1.88. The number of alkyl halides is 3. The largest absolute Gasteiger partial charge is 0.577 e. The van der Waals surface area contributed by atoms with Gasteiger partial charge in [-0.1, -0.05) is 45.0 Å². The number of aryl methyl sites for hydroxylation is 1. The molecule has 1 aromatic rings. The first-order valence-corrected chi connectivity index (χ1v) is 7.16. The molecule has 0 radical (unpaired) electrons. The number of hydrogen-bond donors (Lipinski definition) is 0. The summed E-state index contributed by atoms with van der Waals surface area (Å²) in [6.07, 6.45) is -4.64. The standard InChI is InChI=1S/C16H21F3O3/c1-4-15(2,3)13-9-7-12(8-10-13)6-5-11-21-14(20)22-16(17,18)19/h7-10H,4-6,11H2,1-3H3. The molecule has 1 aromatic carbocycles. The Balaban J connectivity index is 2.36. The molecule has 0 N–H and O–H groups in total. The molecule has 1 rings (SSSR count). The van der Waals surface area contributed by atoms with Crippen LogP contribution in [-0.2, 0) is 21.3 Å². The molecule has 0 heterocycles. The molecule has 0 aromatic heterocycles. The first-order valence-electron chi connectivity index (χ1n) is 7.16. The Kier molecular flexibility index (Phi) is 6.26. The van der Waals surface area contributed by atoms with Gasteiger partial charge >= 0.3 is 12.5 Å². The number of halogens is 3. The second kappa shape index (κ2) is 7.51. The highest BCUT2D eigenvalue weighted by Gasteiger charge is 2.34. The molecule has 0 spiro atoms. The molecule has 3 nitrogen and oxygen atoms in total. The molecular weight excluding hydrogens is 297 g/mol. The third-order valence-corrected chi connectivity index (χ3v) is 3.65. The average Bonchev–Trinajstić information content (AvgIpc) is 2.42. The van der Waals surface area contributed by atoms with Crippen molar-refractivity contribution >= 4 is 6.16 Å². The normalized spacial score (nSPS) is 12.1. The summed E-state index contributed by atoms with van der Waals surface area (Å²) in [5, 5.41) is 0. The summed E-state index contributed by atoms with van der Waals surface area (Å²) in [6, 6.07) is 8.08. The Hall–Kier alpha value is -1.72. The minimum Gasteiger partial charge on any atom is -0.434 e. The molecule has 0 fully saturated rings.